The Labute approximate surface area is 133 Å². The van der Waals surface area contributed by atoms with Crippen LogP contribution in [0, 0.1) is 0 Å². The van der Waals surface area contributed by atoms with Gasteiger partial charge >= 0.3 is 0 Å². The molecule has 3 rings (SSSR count). The second-order valence-electron chi connectivity index (χ2n) is 4.93. The standard InChI is InChI=1S/C14H17ClN4OS/c1-20-13-5-3-2-4-12(13)19-8-6-18(7-9-19)10-11-14(15)21-17-16-11/h2-5H,6-10H2,1H3. The van der Waals surface area contributed by atoms with Crippen LogP contribution in [0.3, 0.4) is 0 Å². The van der Waals surface area contributed by atoms with E-state index in [1.54, 1.807) is 7.11 Å². The van der Waals surface area contributed by atoms with Gasteiger partial charge in [-0.05, 0) is 12.1 Å². The molecule has 1 aliphatic heterocycles. The molecule has 0 amide bonds. The molecular formula is C14H17ClN4OS. The molecule has 21 heavy (non-hydrogen) atoms. The lowest BCUT2D eigenvalue weighted by Crippen LogP contribution is -2.46. The van der Waals surface area contributed by atoms with Crippen molar-refractivity contribution in [2.24, 2.45) is 0 Å². The van der Waals surface area contributed by atoms with Gasteiger partial charge in [0.05, 0.1) is 12.8 Å². The highest BCUT2D eigenvalue weighted by Gasteiger charge is 2.21. The van der Waals surface area contributed by atoms with Gasteiger partial charge in [0.15, 0.2) is 0 Å². The van der Waals surface area contributed by atoms with Gasteiger partial charge < -0.3 is 9.64 Å². The Hall–Kier alpha value is -1.37. The van der Waals surface area contributed by atoms with Crippen LogP contribution in [0.5, 0.6) is 5.75 Å². The van der Waals surface area contributed by atoms with Crippen LogP contribution in [0.2, 0.25) is 4.34 Å². The minimum absolute atomic E-state index is 0.696. The van der Waals surface area contributed by atoms with Gasteiger partial charge in [-0.1, -0.05) is 28.2 Å². The van der Waals surface area contributed by atoms with E-state index in [0.29, 0.717) is 4.34 Å². The first-order valence-electron chi connectivity index (χ1n) is 6.85. The van der Waals surface area contributed by atoms with Crippen molar-refractivity contribution in [2.45, 2.75) is 6.54 Å². The van der Waals surface area contributed by atoms with Crippen LogP contribution in [0.25, 0.3) is 0 Å². The molecule has 1 aliphatic rings. The number of rotatable bonds is 4. The quantitative estimate of drug-likeness (QED) is 0.864. The van der Waals surface area contributed by atoms with Crippen LogP contribution in [0.4, 0.5) is 5.69 Å². The fourth-order valence-electron chi connectivity index (χ4n) is 2.54. The van der Waals surface area contributed by atoms with Gasteiger partial charge in [0.1, 0.15) is 15.8 Å². The molecule has 7 heteroatoms. The lowest BCUT2D eigenvalue weighted by molar-refractivity contribution is 0.246. The average Bonchev–Trinajstić information content (AvgIpc) is 2.93. The van der Waals surface area contributed by atoms with Crippen LogP contribution in [0.1, 0.15) is 5.69 Å². The number of para-hydroxylation sites is 2. The Kier molecular flexibility index (Phi) is 4.57. The Morgan fingerprint density at radius 1 is 1.24 bits per heavy atom. The molecule has 0 unspecified atom stereocenters. The van der Waals surface area contributed by atoms with Crippen molar-refractivity contribution in [3.8, 4) is 5.75 Å². The van der Waals surface area contributed by atoms with Gasteiger partial charge in [0.2, 0.25) is 0 Å². The van der Waals surface area contributed by atoms with E-state index in [0.717, 1.165) is 49.9 Å². The maximum absolute atomic E-state index is 6.06. The molecule has 0 radical (unpaired) electrons. The van der Waals surface area contributed by atoms with Gasteiger partial charge in [-0.2, -0.15) is 0 Å². The Morgan fingerprint density at radius 3 is 2.67 bits per heavy atom. The normalized spacial score (nSPS) is 16.2. The Balaban J connectivity index is 1.61. The molecule has 2 heterocycles. The van der Waals surface area contributed by atoms with Crippen molar-refractivity contribution >= 4 is 28.8 Å². The maximum atomic E-state index is 6.06. The van der Waals surface area contributed by atoms with Crippen molar-refractivity contribution < 1.29 is 4.74 Å². The zero-order valence-corrected chi connectivity index (χ0v) is 13.4. The fraction of sp³-hybridized carbons (Fsp3) is 0.429. The molecule has 0 atom stereocenters. The molecule has 5 nitrogen and oxygen atoms in total. The zero-order valence-electron chi connectivity index (χ0n) is 11.8. The number of hydrogen-bond donors (Lipinski definition) is 0. The van der Waals surface area contributed by atoms with Gasteiger partial charge in [-0.15, -0.1) is 5.10 Å². The minimum atomic E-state index is 0.696. The predicted molar refractivity (Wildman–Crippen MR) is 85.4 cm³/mol. The highest BCUT2D eigenvalue weighted by molar-refractivity contribution is 7.10. The SMILES string of the molecule is COc1ccccc1N1CCN(Cc2nnsc2Cl)CC1. The summed E-state index contributed by atoms with van der Waals surface area (Å²) in [5.74, 6) is 0.928. The Bertz CT molecular complexity index is 598. The molecule has 1 aromatic heterocycles. The monoisotopic (exact) mass is 324 g/mol. The molecule has 0 saturated carbocycles. The smallest absolute Gasteiger partial charge is 0.142 e. The summed E-state index contributed by atoms with van der Waals surface area (Å²) in [7, 11) is 1.71. The average molecular weight is 325 g/mol. The molecule has 0 N–H and O–H groups in total. The summed E-state index contributed by atoms with van der Waals surface area (Å²) in [5.41, 5.74) is 2.04. The lowest BCUT2D eigenvalue weighted by atomic mass is 10.2. The summed E-state index contributed by atoms with van der Waals surface area (Å²) in [6, 6.07) is 8.15. The van der Waals surface area contributed by atoms with Crippen molar-refractivity contribution in [3.05, 3.63) is 34.3 Å². The first kappa shape index (κ1) is 14.6. The van der Waals surface area contributed by atoms with E-state index in [2.05, 4.69) is 25.5 Å². The first-order chi connectivity index (χ1) is 10.3. The molecule has 1 fully saturated rings. The second kappa shape index (κ2) is 6.60. The van der Waals surface area contributed by atoms with E-state index in [4.69, 9.17) is 16.3 Å². The zero-order chi connectivity index (χ0) is 14.7. The van der Waals surface area contributed by atoms with Gasteiger partial charge in [0, 0.05) is 44.3 Å². The van der Waals surface area contributed by atoms with Crippen LogP contribution in [0.15, 0.2) is 24.3 Å². The van der Waals surface area contributed by atoms with Crippen molar-refractivity contribution in [1.82, 2.24) is 14.5 Å². The number of methoxy groups -OCH3 is 1. The van der Waals surface area contributed by atoms with Gasteiger partial charge in [-0.3, -0.25) is 4.90 Å². The third-order valence-electron chi connectivity index (χ3n) is 3.68. The number of piperazine rings is 1. The topological polar surface area (TPSA) is 41.5 Å². The van der Waals surface area contributed by atoms with E-state index in [9.17, 15) is 0 Å². The third kappa shape index (κ3) is 3.28. The first-order valence-corrected chi connectivity index (χ1v) is 8.00. The fourth-order valence-corrected chi connectivity index (χ4v) is 3.15. The van der Waals surface area contributed by atoms with E-state index < -0.39 is 0 Å². The number of ether oxygens (including phenoxy) is 1. The molecular weight excluding hydrogens is 308 g/mol. The molecule has 2 aromatic rings. The van der Waals surface area contributed by atoms with E-state index in [1.807, 2.05) is 18.2 Å². The lowest BCUT2D eigenvalue weighted by Gasteiger charge is -2.36. The Morgan fingerprint density at radius 2 is 2.00 bits per heavy atom. The van der Waals surface area contributed by atoms with E-state index >= 15 is 0 Å². The summed E-state index contributed by atoms with van der Waals surface area (Å²) in [4.78, 5) is 4.71. The largest absolute Gasteiger partial charge is 0.495 e. The van der Waals surface area contributed by atoms with E-state index in [-0.39, 0.29) is 0 Å². The van der Waals surface area contributed by atoms with Gasteiger partial charge in [-0.25, -0.2) is 0 Å². The highest BCUT2D eigenvalue weighted by atomic mass is 35.5. The summed E-state index contributed by atoms with van der Waals surface area (Å²) in [6.45, 7) is 4.66. The molecule has 0 spiro atoms. The molecule has 112 valence electrons. The number of nitrogens with zero attached hydrogens (tertiary/aromatic N) is 4. The highest BCUT2D eigenvalue weighted by Crippen LogP contribution is 2.28. The summed E-state index contributed by atoms with van der Waals surface area (Å²) in [6.07, 6.45) is 0. The summed E-state index contributed by atoms with van der Waals surface area (Å²) in [5, 5.41) is 4.08. The minimum Gasteiger partial charge on any atom is -0.495 e. The number of halogens is 1. The van der Waals surface area contributed by atoms with Crippen molar-refractivity contribution in [1.29, 1.82) is 0 Å². The molecule has 0 bridgehead atoms. The molecule has 1 saturated heterocycles. The van der Waals surface area contributed by atoms with Crippen LogP contribution < -0.4 is 9.64 Å². The third-order valence-corrected chi connectivity index (χ3v) is 4.67. The van der Waals surface area contributed by atoms with Crippen molar-refractivity contribution in [3.63, 3.8) is 0 Å². The number of anilines is 1. The molecule has 1 aromatic carbocycles. The second-order valence-corrected chi connectivity index (χ2v) is 6.28. The molecule has 0 aliphatic carbocycles. The predicted octanol–water partition coefficient (Wildman–Crippen LogP) is 2.52. The van der Waals surface area contributed by atoms with Crippen molar-refractivity contribution in [2.75, 3.05) is 38.2 Å². The van der Waals surface area contributed by atoms with E-state index in [1.165, 1.54) is 11.5 Å². The number of benzene rings is 1. The van der Waals surface area contributed by atoms with Gasteiger partial charge in [0.25, 0.3) is 0 Å². The number of aromatic nitrogens is 2. The maximum Gasteiger partial charge on any atom is 0.142 e. The summed E-state index contributed by atoms with van der Waals surface area (Å²) < 4.78 is 10.0. The van der Waals surface area contributed by atoms with Crippen LogP contribution in [-0.2, 0) is 6.54 Å². The summed E-state index contributed by atoms with van der Waals surface area (Å²) >= 11 is 7.31. The number of hydrogen-bond acceptors (Lipinski definition) is 6. The van der Waals surface area contributed by atoms with Crippen LogP contribution >= 0.6 is 23.1 Å². The van der Waals surface area contributed by atoms with Crippen LogP contribution in [-0.4, -0.2) is 47.8 Å².